The van der Waals surface area contributed by atoms with E-state index in [1.54, 1.807) is 12.3 Å². The van der Waals surface area contributed by atoms with E-state index >= 15 is 0 Å². The maximum Gasteiger partial charge on any atom is 0.117 e. The van der Waals surface area contributed by atoms with Crippen LogP contribution in [0.15, 0.2) is 34.9 Å². The summed E-state index contributed by atoms with van der Waals surface area (Å²) in [5.41, 5.74) is 8.16. The van der Waals surface area contributed by atoms with Crippen LogP contribution >= 0.6 is 23.2 Å². The van der Waals surface area contributed by atoms with Gasteiger partial charge in [-0.15, -0.1) is 0 Å². The standard InChI is InChI=1S/C14H14Cl2N2O/c15-9-4-11-12(13(16)5-9)8-18(14(11)6-17)7-10-2-1-3-19-10/h1-5,14H,6-8,17H2. The second-order valence-corrected chi connectivity index (χ2v) is 5.53. The normalized spacial score (nSPS) is 18.8. The topological polar surface area (TPSA) is 42.4 Å². The largest absolute Gasteiger partial charge is 0.468 e. The van der Waals surface area contributed by atoms with Crippen LogP contribution in [-0.4, -0.2) is 11.4 Å². The van der Waals surface area contributed by atoms with Crippen LogP contribution in [0, 0.1) is 0 Å². The number of nitrogens with zero attached hydrogens (tertiary/aromatic N) is 1. The first-order valence-electron chi connectivity index (χ1n) is 6.13. The van der Waals surface area contributed by atoms with Crippen molar-refractivity contribution in [2.75, 3.05) is 6.54 Å². The maximum atomic E-state index is 6.27. The molecule has 0 saturated heterocycles. The summed E-state index contributed by atoms with van der Waals surface area (Å²) in [5, 5.41) is 1.37. The van der Waals surface area contributed by atoms with E-state index in [2.05, 4.69) is 4.90 Å². The molecule has 1 aromatic carbocycles. The molecule has 3 rings (SSSR count). The third-order valence-electron chi connectivity index (χ3n) is 3.52. The first-order valence-corrected chi connectivity index (χ1v) is 6.89. The molecule has 1 aromatic heterocycles. The fraction of sp³-hybridized carbons (Fsp3) is 0.286. The highest BCUT2D eigenvalue weighted by Crippen LogP contribution is 2.39. The Hall–Kier alpha value is -1.00. The Morgan fingerprint density at radius 3 is 2.89 bits per heavy atom. The van der Waals surface area contributed by atoms with Gasteiger partial charge in [-0.05, 0) is 35.4 Å². The molecule has 0 aliphatic carbocycles. The molecule has 2 aromatic rings. The third kappa shape index (κ3) is 2.39. The van der Waals surface area contributed by atoms with Gasteiger partial charge in [0.25, 0.3) is 0 Å². The molecule has 0 bridgehead atoms. The van der Waals surface area contributed by atoms with Crippen molar-refractivity contribution < 1.29 is 4.42 Å². The molecule has 5 heteroatoms. The zero-order valence-corrected chi connectivity index (χ0v) is 11.8. The molecule has 0 spiro atoms. The van der Waals surface area contributed by atoms with Crippen LogP contribution in [0.4, 0.5) is 0 Å². The Morgan fingerprint density at radius 2 is 2.21 bits per heavy atom. The van der Waals surface area contributed by atoms with Gasteiger partial charge < -0.3 is 10.2 Å². The van der Waals surface area contributed by atoms with Crippen molar-refractivity contribution in [3.63, 3.8) is 0 Å². The molecule has 1 atom stereocenters. The quantitative estimate of drug-likeness (QED) is 0.941. The molecule has 3 nitrogen and oxygen atoms in total. The van der Waals surface area contributed by atoms with E-state index in [4.69, 9.17) is 33.4 Å². The van der Waals surface area contributed by atoms with E-state index in [9.17, 15) is 0 Å². The van der Waals surface area contributed by atoms with Gasteiger partial charge in [-0.3, -0.25) is 4.90 Å². The van der Waals surface area contributed by atoms with Gasteiger partial charge in [0.05, 0.1) is 12.8 Å². The number of benzene rings is 1. The van der Waals surface area contributed by atoms with Crippen LogP contribution in [0.2, 0.25) is 10.0 Å². The summed E-state index contributed by atoms with van der Waals surface area (Å²) in [5.74, 6) is 0.925. The molecule has 1 aliphatic rings. The second-order valence-electron chi connectivity index (χ2n) is 4.69. The van der Waals surface area contributed by atoms with Crippen molar-refractivity contribution in [2.24, 2.45) is 5.73 Å². The molecule has 1 aliphatic heterocycles. The minimum absolute atomic E-state index is 0.135. The summed E-state index contributed by atoms with van der Waals surface area (Å²) in [6.45, 7) is 2.02. The number of fused-ring (bicyclic) bond motifs is 1. The van der Waals surface area contributed by atoms with Crippen molar-refractivity contribution >= 4 is 23.2 Å². The summed E-state index contributed by atoms with van der Waals surface area (Å²) in [6.07, 6.45) is 1.68. The van der Waals surface area contributed by atoms with Crippen LogP contribution in [0.3, 0.4) is 0 Å². The van der Waals surface area contributed by atoms with E-state index in [1.807, 2.05) is 18.2 Å². The zero-order chi connectivity index (χ0) is 13.4. The first kappa shape index (κ1) is 13.0. The third-order valence-corrected chi connectivity index (χ3v) is 4.07. The SMILES string of the molecule is NCC1c2cc(Cl)cc(Cl)c2CN1Cc1ccco1. The Labute approximate surface area is 121 Å². The van der Waals surface area contributed by atoms with Gasteiger partial charge in [-0.25, -0.2) is 0 Å². The highest BCUT2D eigenvalue weighted by Gasteiger charge is 2.31. The minimum atomic E-state index is 0.135. The highest BCUT2D eigenvalue weighted by molar-refractivity contribution is 6.35. The molecule has 1 unspecified atom stereocenters. The Balaban J connectivity index is 1.92. The molecule has 19 heavy (non-hydrogen) atoms. The monoisotopic (exact) mass is 296 g/mol. The van der Waals surface area contributed by atoms with Crippen LogP contribution in [0.1, 0.15) is 22.9 Å². The van der Waals surface area contributed by atoms with Crippen molar-refractivity contribution in [3.8, 4) is 0 Å². The first-order chi connectivity index (χ1) is 9.19. The molecule has 0 saturated carbocycles. The number of hydrogen-bond donors (Lipinski definition) is 1. The molecule has 0 fully saturated rings. The van der Waals surface area contributed by atoms with Crippen LogP contribution in [0.25, 0.3) is 0 Å². The summed E-state index contributed by atoms with van der Waals surface area (Å²) in [6, 6.07) is 7.73. The van der Waals surface area contributed by atoms with Gasteiger partial charge >= 0.3 is 0 Å². The maximum absolute atomic E-state index is 6.27. The molecular formula is C14H14Cl2N2O. The van der Waals surface area contributed by atoms with Gasteiger partial charge in [0.2, 0.25) is 0 Å². The molecule has 100 valence electrons. The van der Waals surface area contributed by atoms with Gasteiger partial charge in [0.1, 0.15) is 5.76 Å². The van der Waals surface area contributed by atoms with Gasteiger partial charge in [-0.1, -0.05) is 23.2 Å². The minimum Gasteiger partial charge on any atom is -0.468 e. The average Bonchev–Trinajstić information content (AvgIpc) is 2.97. The van der Waals surface area contributed by atoms with Gasteiger partial charge in [0, 0.05) is 29.2 Å². The van der Waals surface area contributed by atoms with Gasteiger partial charge in [-0.2, -0.15) is 0 Å². The lowest BCUT2D eigenvalue weighted by atomic mass is 10.1. The molecular weight excluding hydrogens is 283 g/mol. The van der Waals surface area contributed by atoms with E-state index in [0.717, 1.165) is 30.0 Å². The summed E-state index contributed by atoms with van der Waals surface area (Å²) in [4.78, 5) is 2.26. The smallest absolute Gasteiger partial charge is 0.117 e. The van der Waals surface area contributed by atoms with E-state index in [0.29, 0.717) is 16.6 Å². The zero-order valence-electron chi connectivity index (χ0n) is 10.3. The van der Waals surface area contributed by atoms with Crippen LogP contribution < -0.4 is 5.73 Å². The summed E-state index contributed by atoms with van der Waals surface area (Å²) in [7, 11) is 0. The van der Waals surface area contributed by atoms with Crippen molar-refractivity contribution in [3.05, 3.63) is 57.5 Å². The number of hydrogen-bond acceptors (Lipinski definition) is 3. The number of furan rings is 1. The highest BCUT2D eigenvalue weighted by atomic mass is 35.5. The Bertz CT molecular complexity index is 583. The Morgan fingerprint density at radius 1 is 1.37 bits per heavy atom. The van der Waals surface area contributed by atoms with E-state index in [1.165, 1.54) is 0 Å². The lowest BCUT2D eigenvalue weighted by Crippen LogP contribution is -2.27. The van der Waals surface area contributed by atoms with Crippen LogP contribution in [-0.2, 0) is 13.1 Å². The van der Waals surface area contributed by atoms with Crippen molar-refractivity contribution in [1.29, 1.82) is 0 Å². The average molecular weight is 297 g/mol. The van der Waals surface area contributed by atoms with Crippen molar-refractivity contribution in [2.45, 2.75) is 19.1 Å². The molecule has 2 N–H and O–H groups in total. The fourth-order valence-electron chi connectivity index (χ4n) is 2.64. The lowest BCUT2D eigenvalue weighted by molar-refractivity contribution is 0.194. The summed E-state index contributed by atoms with van der Waals surface area (Å²) < 4.78 is 5.40. The fourth-order valence-corrected chi connectivity index (χ4v) is 3.21. The van der Waals surface area contributed by atoms with Crippen molar-refractivity contribution in [1.82, 2.24) is 4.90 Å². The number of nitrogens with two attached hydrogens (primary N) is 1. The number of rotatable bonds is 3. The Kier molecular flexibility index (Phi) is 3.54. The predicted octanol–water partition coefficient (Wildman–Crippen LogP) is 3.60. The second kappa shape index (κ2) is 5.17. The molecule has 2 heterocycles. The van der Waals surface area contributed by atoms with Crippen LogP contribution in [0.5, 0.6) is 0 Å². The van der Waals surface area contributed by atoms with E-state index in [-0.39, 0.29) is 6.04 Å². The predicted molar refractivity (Wildman–Crippen MR) is 76.2 cm³/mol. The van der Waals surface area contributed by atoms with Gasteiger partial charge in [0.15, 0.2) is 0 Å². The molecule has 0 radical (unpaired) electrons. The molecule has 0 amide bonds. The lowest BCUT2D eigenvalue weighted by Gasteiger charge is -2.22. The van der Waals surface area contributed by atoms with E-state index < -0.39 is 0 Å². The number of halogens is 2. The summed E-state index contributed by atoms with van der Waals surface area (Å²) >= 11 is 12.3.